The molecule has 0 bridgehead atoms. The van der Waals surface area contributed by atoms with Gasteiger partial charge in [-0.25, -0.2) is 4.39 Å². The predicted molar refractivity (Wildman–Crippen MR) is 74.7 cm³/mol. The van der Waals surface area contributed by atoms with Crippen LogP contribution in [0.2, 0.25) is 0 Å². The Bertz CT molecular complexity index is 591. The second-order valence-corrected chi connectivity index (χ2v) is 4.55. The molecule has 2 nitrogen and oxygen atoms in total. The highest BCUT2D eigenvalue weighted by molar-refractivity contribution is 5.94. The SMILES string of the molecule is CCNc1c(CC)c(C)nc2cc(F)c(C)cc12. The van der Waals surface area contributed by atoms with Gasteiger partial charge in [0.15, 0.2) is 0 Å². The summed E-state index contributed by atoms with van der Waals surface area (Å²) in [6.07, 6.45) is 0.924. The van der Waals surface area contributed by atoms with Crippen molar-refractivity contribution in [2.75, 3.05) is 11.9 Å². The molecule has 1 heterocycles. The molecule has 0 amide bonds. The maximum atomic E-state index is 13.6. The van der Waals surface area contributed by atoms with E-state index in [4.69, 9.17) is 0 Å². The third-order valence-corrected chi connectivity index (χ3v) is 3.28. The Balaban J connectivity index is 2.83. The van der Waals surface area contributed by atoms with Crippen LogP contribution in [0.3, 0.4) is 0 Å². The van der Waals surface area contributed by atoms with Crippen LogP contribution in [0.1, 0.15) is 30.7 Å². The van der Waals surface area contributed by atoms with Gasteiger partial charge in [0.1, 0.15) is 5.82 Å². The topological polar surface area (TPSA) is 24.9 Å². The number of fused-ring (bicyclic) bond motifs is 1. The van der Waals surface area contributed by atoms with Crippen molar-refractivity contribution in [3.8, 4) is 0 Å². The van der Waals surface area contributed by atoms with Crippen molar-refractivity contribution in [1.82, 2.24) is 4.98 Å². The first kappa shape index (κ1) is 12.8. The van der Waals surface area contributed by atoms with Crippen LogP contribution >= 0.6 is 0 Å². The van der Waals surface area contributed by atoms with Crippen molar-refractivity contribution >= 4 is 16.6 Å². The van der Waals surface area contributed by atoms with E-state index in [-0.39, 0.29) is 5.82 Å². The fourth-order valence-corrected chi connectivity index (χ4v) is 2.37. The average Bonchev–Trinajstić information content (AvgIpc) is 2.32. The van der Waals surface area contributed by atoms with Crippen molar-refractivity contribution in [2.45, 2.75) is 34.1 Å². The minimum atomic E-state index is -0.193. The zero-order valence-corrected chi connectivity index (χ0v) is 11.4. The van der Waals surface area contributed by atoms with Gasteiger partial charge in [-0.05, 0) is 44.4 Å². The van der Waals surface area contributed by atoms with Crippen molar-refractivity contribution in [3.05, 3.63) is 34.8 Å². The first-order valence-corrected chi connectivity index (χ1v) is 6.41. The summed E-state index contributed by atoms with van der Waals surface area (Å²) >= 11 is 0. The van der Waals surface area contributed by atoms with Gasteiger partial charge in [0.2, 0.25) is 0 Å². The molecule has 1 aromatic carbocycles. The van der Waals surface area contributed by atoms with Gasteiger partial charge in [-0.3, -0.25) is 4.98 Å². The van der Waals surface area contributed by atoms with Crippen LogP contribution in [0.4, 0.5) is 10.1 Å². The molecule has 3 heteroatoms. The van der Waals surface area contributed by atoms with Crippen LogP contribution in [0.25, 0.3) is 10.9 Å². The number of rotatable bonds is 3. The molecule has 2 aromatic rings. The number of hydrogen-bond donors (Lipinski definition) is 1. The number of aryl methyl sites for hydroxylation is 2. The van der Waals surface area contributed by atoms with Crippen molar-refractivity contribution < 1.29 is 4.39 Å². The molecule has 0 saturated carbocycles. The molecule has 2 rings (SSSR count). The second kappa shape index (κ2) is 4.92. The van der Waals surface area contributed by atoms with E-state index in [2.05, 4.69) is 24.1 Å². The summed E-state index contributed by atoms with van der Waals surface area (Å²) in [7, 11) is 0. The molecule has 1 aromatic heterocycles. The standard InChI is InChI=1S/C15H19FN2/c1-5-11-10(4)18-14-8-13(16)9(3)7-12(14)15(11)17-6-2/h7-8H,5-6H2,1-4H3,(H,17,18). The first-order valence-electron chi connectivity index (χ1n) is 6.41. The lowest BCUT2D eigenvalue weighted by atomic mass is 10.0. The largest absolute Gasteiger partial charge is 0.384 e. The van der Waals surface area contributed by atoms with E-state index in [1.807, 2.05) is 13.0 Å². The minimum Gasteiger partial charge on any atom is -0.384 e. The molecule has 0 atom stereocenters. The lowest BCUT2D eigenvalue weighted by Gasteiger charge is -2.16. The number of nitrogens with zero attached hydrogens (tertiary/aromatic N) is 1. The van der Waals surface area contributed by atoms with Crippen LogP contribution in [0.5, 0.6) is 0 Å². The van der Waals surface area contributed by atoms with Gasteiger partial charge in [0.25, 0.3) is 0 Å². The molecule has 0 aliphatic rings. The molecule has 0 aliphatic heterocycles. The normalized spacial score (nSPS) is 10.9. The number of anilines is 1. The third-order valence-electron chi connectivity index (χ3n) is 3.28. The number of aromatic nitrogens is 1. The summed E-state index contributed by atoms with van der Waals surface area (Å²) in [4.78, 5) is 4.51. The maximum absolute atomic E-state index is 13.6. The van der Waals surface area contributed by atoms with E-state index in [9.17, 15) is 4.39 Å². The molecule has 96 valence electrons. The molecular weight excluding hydrogens is 227 g/mol. The highest BCUT2D eigenvalue weighted by atomic mass is 19.1. The monoisotopic (exact) mass is 246 g/mol. The number of halogens is 1. The van der Waals surface area contributed by atoms with Crippen LogP contribution in [-0.4, -0.2) is 11.5 Å². The van der Waals surface area contributed by atoms with Gasteiger partial charge in [0, 0.05) is 29.4 Å². The number of nitrogens with one attached hydrogen (secondary N) is 1. The molecule has 0 radical (unpaired) electrons. The summed E-state index contributed by atoms with van der Waals surface area (Å²) in [5, 5.41) is 4.41. The van der Waals surface area contributed by atoms with Crippen LogP contribution in [-0.2, 0) is 6.42 Å². The summed E-state index contributed by atoms with van der Waals surface area (Å²) in [6, 6.07) is 3.41. The quantitative estimate of drug-likeness (QED) is 0.886. The highest BCUT2D eigenvalue weighted by Crippen LogP contribution is 2.30. The highest BCUT2D eigenvalue weighted by Gasteiger charge is 2.12. The van der Waals surface area contributed by atoms with E-state index >= 15 is 0 Å². The number of hydrogen-bond acceptors (Lipinski definition) is 2. The third kappa shape index (κ3) is 2.05. The van der Waals surface area contributed by atoms with Crippen LogP contribution in [0.15, 0.2) is 12.1 Å². The molecular formula is C15H19FN2. The molecule has 18 heavy (non-hydrogen) atoms. The van der Waals surface area contributed by atoms with E-state index in [0.717, 1.165) is 35.2 Å². The lowest BCUT2D eigenvalue weighted by Crippen LogP contribution is -2.05. The fourth-order valence-electron chi connectivity index (χ4n) is 2.37. The molecule has 0 unspecified atom stereocenters. The van der Waals surface area contributed by atoms with Gasteiger partial charge in [-0.1, -0.05) is 6.92 Å². The molecule has 0 spiro atoms. The molecule has 0 aliphatic carbocycles. The summed E-state index contributed by atoms with van der Waals surface area (Å²) in [5.74, 6) is -0.193. The zero-order valence-electron chi connectivity index (χ0n) is 11.4. The van der Waals surface area contributed by atoms with Gasteiger partial charge < -0.3 is 5.32 Å². The smallest absolute Gasteiger partial charge is 0.128 e. The zero-order chi connectivity index (χ0) is 13.3. The van der Waals surface area contributed by atoms with Crippen molar-refractivity contribution in [1.29, 1.82) is 0 Å². The van der Waals surface area contributed by atoms with Crippen LogP contribution in [0, 0.1) is 19.7 Å². The second-order valence-electron chi connectivity index (χ2n) is 4.55. The number of benzene rings is 1. The minimum absolute atomic E-state index is 0.193. The summed E-state index contributed by atoms with van der Waals surface area (Å²) < 4.78 is 13.6. The van der Waals surface area contributed by atoms with Crippen LogP contribution < -0.4 is 5.32 Å². The Labute approximate surface area is 107 Å². The average molecular weight is 246 g/mol. The van der Waals surface area contributed by atoms with E-state index < -0.39 is 0 Å². The van der Waals surface area contributed by atoms with Crippen molar-refractivity contribution in [2.24, 2.45) is 0 Å². The van der Waals surface area contributed by atoms with Gasteiger partial charge >= 0.3 is 0 Å². The Morgan fingerprint density at radius 2 is 1.94 bits per heavy atom. The van der Waals surface area contributed by atoms with E-state index in [1.165, 1.54) is 11.6 Å². The Kier molecular flexibility index (Phi) is 3.50. The Morgan fingerprint density at radius 3 is 2.56 bits per heavy atom. The molecule has 0 saturated heterocycles. The summed E-state index contributed by atoms with van der Waals surface area (Å²) in [5.41, 5.74) is 4.68. The lowest BCUT2D eigenvalue weighted by molar-refractivity contribution is 0.620. The van der Waals surface area contributed by atoms with Gasteiger partial charge in [-0.15, -0.1) is 0 Å². The first-order chi connectivity index (χ1) is 8.58. The van der Waals surface area contributed by atoms with E-state index in [0.29, 0.717) is 5.56 Å². The number of pyridine rings is 1. The molecule has 1 N–H and O–H groups in total. The predicted octanol–water partition coefficient (Wildman–Crippen LogP) is 3.98. The molecule has 0 fully saturated rings. The van der Waals surface area contributed by atoms with Gasteiger partial charge in [-0.2, -0.15) is 0 Å². The van der Waals surface area contributed by atoms with Crippen molar-refractivity contribution in [3.63, 3.8) is 0 Å². The van der Waals surface area contributed by atoms with E-state index in [1.54, 1.807) is 6.92 Å². The Hall–Kier alpha value is -1.64. The fraction of sp³-hybridized carbons (Fsp3) is 0.400. The maximum Gasteiger partial charge on any atom is 0.128 e. The van der Waals surface area contributed by atoms with Gasteiger partial charge in [0.05, 0.1) is 5.52 Å². The summed E-state index contributed by atoms with van der Waals surface area (Å²) in [6.45, 7) is 8.80. The Morgan fingerprint density at radius 1 is 1.22 bits per heavy atom.